The summed E-state index contributed by atoms with van der Waals surface area (Å²) in [6.07, 6.45) is 2.10. The van der Waals surface area contributed by atoms with Crippen molar-refractivity contribution >= 4 is 17.4 Å². The SMILES string of the molecule is CC=C(C)[SiH2][Si](OC)(OC)OC. The molecular weight excluding hydrogens is 188 g/mol. The van der Waals surface area contributed by atoms with E-state index in [1.54, 1.807) is 21.3 Å². The van der Waals surface area contributed by atoms with Gasteiger partial charge in [0.15, 0.2) is 0 Å². The summed E-state index contributed by atoms with van der Waals surface area (Å²) in [5.41, 5.74) is 0. The maximum atomic E-state index is 5.32. The zero-order valence-corrected chi connectivity index (χ0v) is 10.9. The van der Waals surface area contributed by atoms with E-state index in [0.29, 0.717) is 0 Å². The molecule has 0 radical (unpaired) electrons. The Morgan fingerprint density at radius 3 is 1.83 bits per heavy atom. The van der Waals surface area contributed by atoms with E-state index in [-0.39, 0.29) is 0 Å². The number of rotatable bonds is 5. The predicted molar refractivity (Wildman–Crippen MR) is 54.8 cm³/mol. The average molecular weight is 206 g/mol. The Balaban J connectivity index is 4.30. The van der Waals surface area contributed by atoms with Crippen LogP contribution < -0.4 is 0 Å². The molecule has 0 heterocycles. The van der Waals surface area contributed by atoms with Gasteiger partial charge in [-0.2, -0.15) is 0 Å². The van der Waals surface area contributed by atoms with Crippen molar-refractivity contribution in [3.8, 4) is 0 Å². The summed E-state index contributed by atoms with van der Waals surface area (Å²) in [5, 5.41) is 1.37. The van der Waals surface area contributed by atoms with Gasteiger partial charge in [-0.25, -0.2) is 0 Å². The highest BCUT2D eigenvalue weighted by atomic mass is 29.2. The van der Waals surface area contributed by atoms with Crippen molar-refractivity contribution in [1.82, 2.24) is 0 Å². The summed E-state index contributed by atoms with van der Waals surface area (Å²) in [6.45, 7) is 4.13. The van der Waals surface area contributed by atoms with Crippen LogP contribution in [0.1, 0.15) is 13.8 Å². The van der Waals surface area contributed by atoms with E-state index in [0.717, 1.165) is 0 Å². The van der Waals surface area contributed by atoms with Gasteiger partial charge in [0, 0.05) is 21.3 Å². The minimum atomic E-state index is -2.23. The summed E-state index contributed by atoms with van der Waals surface area (Å²) >= 11 is 0. The molecule has 0 fully saturated rings. The lowest BCUT2D eigenvalue weighted by Crippen LogP contribution is -2.50. The normalized spacial score (nSPS) is 14.6. The number of allylic oxidation sites excluding steroid dienone is 2. The molecule has 3 nitrogen and oxygen atoms in total. The Hall–Kier alpha value is 0.0538. The first-order valence-electron chi connectivity index (χ1n) is 3.91. The lowest BCUT2D eigenvalue weighted by molar-refractivity contribution is 0.148. The maximum absolute atomic E-state index is 5.32. The Morgan fingerprint density at radius 2 is 1.58 bits per heavy atom. The van der Waals surface area contributed by atoms with Crippen LogP contribution in [0, 0.1) is 0 Å². The van der Waals surface area contributed by atoms with E-state index in [1.165, 1.54) is 5.20 Å². The Labute approximate surface area is 77.7 Å². The highest BCUT2D eigenvalue weighted by Gasteiger charge is 2.37. The Kier molecular flexibility index (Phi) is 5.68. The molecule has 0 aliphatic heterocycles. The molecule has 0 saturated heterocycles. The maximum Gasteiger partial charge on any atom is 0.466 e. The van der Waals surface area contributed by atoms with Crippen LogP contribution in [0.4, 0.5) is 0 Å². The van der Waals surface area contributed by atoms with Crippen LogP contribution in [0.15, 0.2) is 11.3 Å². The number of hydrogen-bond acceptors (Lipinski definition) is 3. The van der Waals surface area contributed by atoms with Crippen molar-refractivity contribution in [3.05, 3.63) is 11.3 Å². The third kappa shape index (κ3) is 3.20. The minimum absolute atomic E-state index is 0.524. The second kappa shape index (κ2) is 5.66. The van der Waals surface area contributed by atoms with E-state index in [2.05, 4.69) is 13.0 Å². The number of hydrogen-bond donors (Lipinski definition) is 0. The van der Waals surface area contributed by atoms with E-state index in [4.69, 9.17) is 13.3 Å². The van der Waals surface area contributed by atoms with Crippen molar-refractivity contribution in [2.75, 3.05) is 21.3 Å². The predicted octanol–water partition coefficient (Wildman–Crippen LogP) is 0.454. The molecule has 0 aliphatic rings. The summed E-state index contributed by atoms with van der Waals surface area (Å²) in [6, 6.07) is 0. The molecule has 0 spiro atoms. The average Bonchev–Trinajstić information content (AvgIpc) is 2.14. The van der Waals surface area contributed by atoms with Crippen molar-refractivity contribution in [1.29, 1.82) is 0 Å². The Bertz CT molecular complexity index is 146. The van der Waals surface area contributed by atoms with Gasteiger partial charge in [-0.1, -0.05) is 11.3 Å². The zero-order valence-electron chi connectivity index (χ0n) is 8.51. The topological polar surface area (TPSA) is 27.7 Å². The molecule has 72 valence electrons. The molecule has 5 heteroatoms. The van der Waals surface area contributed by atoms with Gasteiger partial charge < -0.3 is 13.3 Å². The molecule has 0 aromatic heterocycles. The second-order valence-electron chi connectivity index (χ2n) is 2.61. The first-order chi connectivity index (χ1) is 5.64. The van der Waals surface area contributed by atoms with E-state index in [9.17, 15) is 0 Å². The van der Waals surface area contributed by atoms with Gasteiger partial charge in [0.1, 0.15) is 9.04 Å². The quantitative estimate of drug-likeness (QED) is 0.612. The molecule has 0 aliphatic carbocycles. The molecule has 12 heavy (non-hydrogen) atoms. The fourth-order valence-corrected chi connectivity index (χ4v) is 6.69. The molecule has 0 aromatic carbocycles. The standard InChI is InChI=1S/C7H18O3Si2/c1-6-7(2)11-12(8-3,9-4)10-5/h6H,11H2,1-5H3. The molecule has 0 atom stereocenters. The largest absolute Gasteiger partial charge is 0.466 e. The third-order valence-electron chi connectivity index (χ3n) is 1.92. The van der Waals surface area contributed by atoms with Crippen LogP contribution in [-0.4, -0.2) is 38.7 Å². The molecule has 0 bridgehead atoms. The van der Waals surface area contributed by atoms with E-state index < -0.39 is 17.4 Å². The molecule has 0 rings (SSSR count). The lowest BCUT2D eigenvalue weighted by Gasteiger charge is -2.24. The summed E-state index contributed by atoms with van der Waals surface area (Å²) < 4.78 is 16.0. The van der Waals surface area contributed by atoms with Crippen LogP contribution in [0.2, 0.25) is 0 Å². The van der Waals surface area contributed by atoms with Crippen molar-refractivity contribution in [2.45, 2.75) is 13.8 Å². The van der Waals surface area contributed by atoms with Gasteiger partial charge in [0.2, 0.25) is 0 Å². The third-order valence-corrected chi connectivity index (χ3v) is 10.8. The van der Waals surface area contributed by atoms with Crippen LogP contribution in [-0.2, 0) is 13.3 Å². The van der Waals surface area contributed by atoms with E-state index >= 15 is 0 Å². The molecular formula is C7H18O3Si2. The smallest absolute Gasteiger partial charge is 0.380 e. The van der Waals surface area contributed by atoms with Crippen molar-refractivity contribution in [2.24, 2.45) is 0 Å². The molecule has 0 N–H and O–H groups in total. The van der Waals surface area contributed by atoms with Gasteiger partial charge in [0.25, 0.3) is 0 Å². The summed E-state index contributed by atoms with van der Waals surface area (Å²) in [4.78, 5) is 0. The van der Waals surface area contributed by atoms with Crippen LogP contribution in [0.3, 0.4) is 0 Å². The second-order valence-corrected chi connectivity index (χ2v) is 10.3. The van der Waals surface area contributed by atoms with Gasteiger partial charge >= 0.3 is 8.32 Å². The molecule has 0 aromatic rings. The first kappa shape index (κ1) is 12.1. The van der Waals surface area contributed by atoms with Gasteiger partial charge in [-0.05, 0) is 13.8 Å². The fraction of sp³-hybridized carbons (Fsp3) is 0.714. The van der Waals surface area contributed by atoms with Crippen LogP contribution in [0.5, 0.6) is 0 Å². The summed E-state index contributed by atoms with van der Waals surface area (Å²) in [5.74, 6) is 0. The minimum Gasteiger partial charge on any atom is -0.380 e. The molecule has 0 amide bonds. The molecule has 0 unspecified atom stereocenters. The van der Waals surface area contributed by atoms with E-state index in [1.807, 2.05) is 6.92 Å². The van der Waals surface area contributed by atoms with Crippen LogP contribution in [0.25, 0.3) is 0 Å². The van der Waals surface area contributed by atoms with Gasteiger partial charge in [0.05, 0.1) is 0 Å². The zero-order chi connectivity index (χ0) is 9.61. The molecule has 0 saturated carbocycles. The van der Waals surface area contributed by atoms with Crippen molar-refractivity contribution in [3.63, 3.8) is 0 Å². The lowest BCUT2D eigenvalue weighted by atomic mass is 10.6. The van der Waals surface area contributed by atoms with Crippen LogP contribution >= 0.6 is 0 Å². The Morgan fingerprint density at radius 1 is 1.17 bits per heavy atom. The monoisotopic (exact) mass is 206 g/mol. The summed E-state index contributed by atoms with van der Waals surface area (Å²) in [7, 11) is 2.23. The van der Waals surface area contributed by atoms with Gasteiger partial charge in [-0.3, -0.25) is 0 Å². The highest BCUT2D eigenvalue weighted by Crippen LogP contribution is 2.07. The first-order valence-corrected chi connectivity index (χ1v) is 8.67. The van der Waals surface area contributed by atoms with Crippen molar-refractivity contribution < 1.29 is 13.3 Å². The van der Waals surface area contributed by atoms with Gasteiger partial charge in [-0.15, -0.1) is 0 Å². The highest BCUT2D eigenvalue weighted by molar-refractivity contribution is 7.17. The fourth-order valence-electron chi connectivity index (χ4n) is 0.910.